The third-order valence-electron chi connectivity index (χ3n) is 2.82. The fourth-order valence-electron chi connectivity index (χ4n) is 1.85. The van der Waals surface area contributed by atoms with Crippen LogP contribution >= 0.6 is 0 Å². The van der Waals surface area contributed by atoms with Gasteiger partial charge in [-0.2, -0.15) is 0 Å². The van der Waals surface area contributed by atoms with Gasteiger partial charge in [-0.15, -0.1) is 6.42 Å². The quantitative estimate of drug-likeness (QED) is 0.808. The molecule has 0 bridgehead atoms. The summed E-state index contributed by atoms with van der Waals surface area (Å²) in [4.78, 5) is 0. The minimum Gasteiger partial charge on any atom is -0.486 e. The molecule has 0 amide bonds. The van der Waals surface area contributed by atoms with Crippen molar-refractivity contribution in [2.24, 2.45) is 0 Å². The Hall–Kier alpha value is -1.66. The van der Waals surface area contributed by atoms with E-state index in [1.807, 2.05) is 25.1 Å². The molecule has 3 nitrogen and oxygen atoms in total. The molecule has 1 heterocycles. The van der Waals surface area contributed by atoms with Crippen LogP contribution in [0.1, 0.15) is 25.5 Å². The van der Waals surface area contributed by atoms with Crippen LogP contribution in [0.4, 0.5) is 0 Å². The van der Waals surface area contributed by atoms with Crippen molar-refractivity contribution >= 4 is 0 Å². The zero-order valence-electron chi connectivity index (χ0n) is 10.2. The highest BCUT2D eigenvalue weighted by Crippen LogP contribution is 2.32. The number of nitrogens with one attached hydrogen (secondary N) is 1. The number of fused-ring (bicyclic) bond motifs is 1. The second-order valence-electron chi connectivity index (χ2n) is 4.18. The summed E-state index contributed by atoms with van der Waals surface area (Å²) in [7, 11) is 0. The van der Waals surface area contributed by atoms with Crippen molar-refractivity contribution < 1.29 is 9.47 Å². The summed E-state index contributed by atoms with van der Waals surface area (Å²) in [6, 6.07) is 6.24. The van der Waals surface area contributed by atoms with Gasteiger partial charge >= 0.3 is 0 Å². The second kappa shape index (κ2) is 5.11. The smallest absolute Gasteiger partial charge is 0.161 e. The van der Waals surface area contributed by atoms with Crippen molar-refractivity contribution in [1.82, 2.24) is 5.32 Å². The molecule has 0 aromatic heterocycles. The van der Waals surface area contributed by atoms with Crippen LogP contribution in [0.5, 0.6) is 11.5 Å². The summed E-state index contributed by atoms with van der Waals surface area (Å²) in [6.45, 7) is 5.28. The zero-order chi connectivity index (χ0) is 12.3. The molecule has 0 saturated carbocycles. The van der Waals surface area contributed by atoms with Gasteiger partial charge in [0.15, 0.2) is 11.5 Å². The number of rotatable bonds is 3. The molecule has 2 unspecified atom stereocenters. The average Bonchev–Trinajstić information content (AvgIpc) is 2.38. The van der Waals surface area contributed by atoms with Crippen molar-refractivity contribution in [3.8, 4) is 23.8 Å². The predicted octanol–water partition coefficient (Wildman–Crippen LogP) is 2.13. The number of benzene rings is 1. The monoisotopic (exact) mass is 231 g/mol. The molecule has 2 atom stereocenters. The minimum atomic E-state index is 0.0539. The van der Waals surface area contributed by atoms with E-state index >= 15 is 0 Å². The standard InChI is InChI=1S/C14H17NO2/c1-4-10(2)15-11(3)12-5-6-13-14(9-12)17-8-7-16-13/h1,5-6,9-11,15H,7-8H2,2-3H3. The zero-order valence-corrected chi connectivity index (χ0v) is 10.2. The first-order valence-corrected chi connectivity index (χ1v) is 5.82. The van der Waals surface area contributed by atoms with E-state index in [0.29, 0.717) is 13.2 Å². The fraction of sp³-hybridized carbons (Fsp3) is 0.429. The van der Waals surface area contributed by atoms with Crippen molar-refractivity contribution in [3.05, 3.63) is 23.8 Å². The van der Waals surface area contributed by atoms with Gasteiger partial charge in [-0.3, -0.25) is 5.32 Å². The van der Waals surface area contributed by atoms with Crippen LogP contribution in [0.25, 0.3) is 0 Å². The average molecular weight is 231 g/mol. The molecular formula is C14H17NO2. The third-order valence-corrected chi connectivity index (χ3v) is 2.82. The molecular weight excluding hydrogens is 214 g/mol. The summed E-state index contributed by atoms with van der Waals surface area (Å²) in [5.41, 5.74) is 1.15. The summed E-state index contributed by atoms with van der Waals surface area (Å²) < 4.78 is 11.0. The van der Waals surface area contributed by atoms with E-state index in [0.717, 1.165) is 17.1 Å². The largest absolute Gasteiger partial charge is 0.486 e. The maximum Gasteiger partial charge on any atom is 0.161 e. The number of hydrogen-bond acceptors (Lipinski definition) is 3. The van der Waals surface area contributed by atoms with E-state index in [-0.39, 0.29) is 12.1 Å². The SMILES string of the molecule is C#CC(C)NC(C)c1ccc2c(c1)OCCO2. The van der Waals surface area contributed by atoms with Crippen molar-refractivity contribution in [2.75, 3.05) is 13.2 Å². The lowest BCUT2D eigenvalue weighted by Crippen LogP contribution is -2.27. The van der Waals surface area contributed by atoms with Crippen LogP contribution in [-0.2, 0) is 0 Å². The summed E-state index contributed by atoms with van der Waals surface area (Å²) in [5, 5.41) is 3.32. The molecule has 0 fully saturated rings. The molecule has 0 radical (unpaired) electrons. The van der Waals surface area contributed by atoms with Gasteiger partial charge in [0, 0.05) is 6.04 Å². The molecule has 1 aliphatic rings. The molecule has 1 aliphatic heterocycles. The van der Waals surface area contributed by atoms with E-state index in [4.69, 9.17) is 15.9 Å². The van der Waals surface area contributed by atoms with E-state index in [1.165, 1.54) is 0 Å². The molecule has 0 spiro atoms. The Morgan fingerprint density at radius 1 is 1.24 bits per heavy atom. The van der Waals surface area contributed by atoms with Crippen molar-refractivity contribution in [1.29, 1.82) is 0 Å². The van der Waals surface area contributed by atoms with Crippen LogP contribution < -0.4 is 14.8 Å². The first kappa shape index (κ1) is 11.8. The highest BCUT2D eigenvalue weighted by Gasteiger charge is 2.14. The Morgan fingerprint density at radius 3 is 2.65 bits per heavy atom. The summed E-state index contributed by atoms with van der Waals surface area (Å²) in [6.07, 6.45) is 5.35. The van der Waals surface area contributed by atoms with Gasteiger partial charge in [0.25, 0.3) is 0 Å². The second-order valence-corrected chi connectivity index (χ2v) is 4.18. The molecule has 0 saturated heterocycles. The molecule has 2 rings (SSSR count). The van der Waals surface area contributed by atoms with E-state index < -0.39 is 0 Å². The van der Waals surface area contributed by atoms with Crippen LogP contribution in [-0.4, -0.2) is 19.3 Å². The maximum atomic E-state index is 5.55. The Labute approximate surface area is 102 Å². The van der Waals surface area contributed by atoms with Crippen molar-refractivity contribution in [2.45, 2.75) is 25.9 Å². The molecule has 1 aromatic carbocycles. The van der Waals surface area contributed by atoms with Crippen LogP contribution in [0, 0.1) is 12.3 Å². The predicted molar refractivity (Wildman–Crippen MR) is 67.3 cm³/mol. The lowest BCUT2D eigenvalue weighted by Gasteiger charge is -2.21. The third kappa shape index (κ3) is 2.72. The van der Waals surface area contributed by atoms with Gasteiger partial charge in [0.1, 0.15) is 13.2 Å². The van der Waals surface area contributed by atoms with Gasteiger partial charge in [0.2, 0.25) is 0 Å². The topological polar surface area (TPSA) is 30.5 Å². The Morgan fingerprint density at radius 2 is 1.94 bits per heavy atom. The molecule has 17 heavy (non-hydrogen) atoms. The van der Waals surface area contributed by atoms with Crippen molar-refractivity contribution in [3.63, 3.8) is 0 Å². The van der Waals surface area contributed by atoms with E-state index in [1.54, 1.807) is 0 Å². The Kier molecular flexibility index (Phi) is 3.55. The molecule has 1 N–H and O–H groups in total. The highest BCUT2D eigenvalue weighted by molar-refractivity contribution is 5.44. The van der Waals surface area contributed by atoms with Crippen LogP contribution in [0.3, 0.4) is 0 Å². The van der Waals surface area contributed by atoms with Gasteiger partial charge in [-0.25, -0.2) is 0 Å². The van der Waals surface area contributed by atoms with Crippen LogP contribution in [0.2, 0.25) is 0 Å². The molecule has 0 aliphatic carbocycles. The lowest BCUT2D eigenvalue weighted by atomic mass is 10.1. The Bertz CT molecular complexity index is 436. The van der Waals surface area contributed by atoms with Gasteiger partial charge in [-0.1, -0.05) is 12.0 Å². The highest BCUT2D eigenvalue weighted by atomic mass is 16.6. The van der Waals surface area contributed by atoms with Gasteiger partial charge < -0.3 is 9.47 Å². The maximum absolute atomic E-state index is 5.55. The first-order chi connectivity index (χ1) is 8.20. The van der Waals surface area contributed by atoms with E-state index in [9.17, 15) is 0 Å². The number of hydrogen-bond donors (Lipinski definition) is 1. The molecule has 3 heteroatoms. The summed E-state index contributed by atoms with van der Waals surface area (Å²) in [5.74, 6) is 4.29. The molecule has 1 aromatic rings. The van der Waals surface area contributed by atoms with Gasteiger partial charge in [-0.05, 0) is 31.5 Å². The molecule has 90 valence electrons. The Balaban J connectivity index is 2.14. The lowest BCUT2D eigenvalue weighted by molar-refractivity contribution is 0.171. The van der Waals surface area contributed by atoms with E-state index in [2.05, 4.69) is 18.2 Å². The normalized spacial score (nSPS) is 17.0. The number of ether oxygens (including phenoxy) is 2. The van der Waals surface area contributed by atoms with Crippen LogP contribution in [0.15, 0.2) is 18.2 Å². The number of terminal acetylenes is 1. The summed E-state index contributed by atoms with van der Waals surface area (Å²) >= 11 is 0. The fourth-order valence-corrected chi connectivity index (χ4v) is 1.85. The first-order valence-electron chi connectivity index (χ1n) is 5.82. The minimum absolute atomic E-state index is 0.0539. The van der Waals surface area contributed by atoms with Gasteiger partial charge in [0.05, 0.1) is 6.04 Å².